The van der Waals surface area contributed by atoms with Gasteiger partial charge in [0, 0.05) is 17.2 Å². The van der Waals surface area contributed by atoms with E-state index in [4.69, 9.17) is 5.11 Å². The lowest BCUT2D eigenvalue weighted by molar-refractivity contribution is -0.136. The number of halogens is 1. The van der Waals surface area contributed by atoms with Crippen molar-refractivity contribution in [3.8, 4) is 0 Å². The summed E-state index contributed by atoms with van der Waals surface area (Å²) in [4.78, 5) is 32.2. The van der Waals surface area contributed by atoms with E-state index in [0.717, 1.165) is 0 Å². The number of rotatable bonds is 5. The van der Waals surface area contributed by atoms with Gasteiger partial charge in [-0.25, -0.2) is 9.37 Å². The molecular formula is C16H11FN2O3S. The fourth-order valence-electron chi connectivity index (χ4n) is 2.28. The Balaban J connectivity index is 2.00. The SMILES string of the molecule is O=C(O)Cc1csc(C2(C(=O)c3ccc(F)cc3)C=CC=N2)n1. The van der Waals surface area contributed by atoms with Gasteiger partial charge in [-0.3, -0.25) is 14.6 Å². The van der Waals surface area contributed by atoms with Gasteiger partial charge in [0.2, 0.25) is 5.78 Å². The quantitative estimate of drug-likeness (QED) is 0.855. The molecule has 0 aliphatic carbocycles. The maximum Gasteiger partial charge on any atom is 0.309 e. The molecule has 0 radical (unpaired) electrons. The lowest BCUT2D eigenvalue weighted by Gasteiger charge is -2.20. The molecule has 1 aromatic heterocycles. The van der Waals surface area contributed by atoms with E-state index in [1.54, 1.807) is 17.5 Å². The number of nitrogens with zero attached hydrogens (tertiary/aromatic N) is 2. The second kappa shape index (κ2) is 5.85. The first-order chi connectivity index (χ1) is 11.0. The van der Waals surface area contributed by atoms with Crippen LogP contribution in [0.4, 0.5) is 4.39 Å². The molecule has 7 heteroatoms. The number of aliphatic carboxylic acids is 1. The number of hydrogen-bond donors (Lipinski definition) is 1. The molecule has 5 nitrogen and oxygen atoms in total. The molecular weight excluding hydrogens is 319 g/mol. The molecule has 1 N–H and O–H groups in total. The Bertz CT molecular complexity index is 812. The van der Waals surface area contributed by atoms with Gasteiger partial charge in [0.15, 0.2) is 5.54 Å². The van der Waals surface area contributed by atoms with E-state index in [9.17, 15) is 14.0 Å². The van der Waals surface area contributed by atoms with Crippen LogP contribution in [0.1, 0.15) is 21.1 Å². The van der Waals surface area contributed by atoms with Crippen LogP contribution >= 0.6 is 11.3 Å². The third kappa shape index (κ3) is 2.83. The van der Waals surface area contributed by atoms with Crippen LogP contribution in [-0.2, 0) is 16.8 Å². The summed E-state index contributed by atoms with van der Waals surface area (Å²) in [5.41, 5.74) is -0.622. The average molecular weight is 330 g/mol. The first-order valence-electron chi connectivity index (χ1n) is 6.71. The van der Waals surface area contributed by atoms with Crippen molar-refractivity contribution in [2.24, 2.45) is 4.99 Å². The number of carboxylic acids is 1. The number of thiazole rings is 1. The minimum absolute atomic E-state index is 0.218. The summed E-state index contributed by atoms with van der Waals surface area (Å²) in [6.45, 7) is 0. The van der Waals surface area contributed by atoms with Gasteiger partial charge >= 0.3 is 5.97 Å². The number of carbonyl (C=O) groups excluding carboxylic acids is 1. The summed E-state index contributed by atoms with van der Waals surface area (Å²) >= 11 is 1.18. The van der Waals surface area contributed by atoms with Crippen LogP contribution < -0.4 is 0 Å². The molecule has 3 rings (SSSR count). The molecule has 0 spiro atoms. The predicted molar refractivity (Wildman–Crippen MR) is 83.5 cm³/mol. The van der Waals surface area contributed by atoms with Crippen LogP contribution in [0, 0.1) is 5.82 Å². The fraction of sp³-hybridized carbons (Fsp3) is 0.125. The highest BCUT2D eigenvalue weighted by molar-refractivity contribution is 7.10. The number of aromatic nitrogens is 1. The van der Waals surface area contributed by atoms with Gasteiger partial charge in [0.1, 0.15) is 10.8 Å². The van der Waals surface area contributed by atoms with Crippen LogP contribution in [0.3, 0.4) is 0 Å². The van der Waals surface area contributed by atoms with Gasteiger partial charge in [-0.15, -0.1) is 11.3 Å². The van der Waals surface area contributed by atoms with E-state index in [1.165, 1.54) is 41.8 Å². The topological polar surface area (TPSA) is 79.6 Å². The van der Waals surface area contributed by atoms with Gasteiger partial charge in [0.05, 0.1) is 12.1 Å². The van der Waals surface area contributed by atoms with Crippen molar-refractivity contribution < 1.29 is 19.1 Å². The Labute approximate surface area is 134 Å². The number of allylic oxidation sites excluding steroid dienone is 1. The van der Waals surface area contributed by atoms with Crippen molar-refractivity contribution in [2.75, 3.05) is 0 Å². The molecule has 116 valence electrons. The first kappa shape index (κ1) is 15.2. The zero-order valence-electron chi connectivity index (χ0n) is 11.8. The maximum absolute atomic E-state index is 13.0. The van der Waals surface area contributed by atoms with Gasteiger partial charge in [-0.05, 0) is 36.4 Å². The lowest BCUT2D eigenvalue weighted by atomic mass is 9.91. The van der Waals surface area contributed by atoms with Crippen LogP contribution in [-0.4, -0.2) is 28.1 Å². The minimum Gasteiger partial charge on any atom is -0.481 e. The van der Waals surface area contributed by atoms with E-state index >= 15 is 0 Å². The molecule has 23 heavy (non-hydrogen) atoms. The van der Waals surface area contributed by atoms with E-state index in [0.29, 0.717) is 16.3 Å². The second-order valence-corrected chi connectivity index (χ2v) is 5.81. The fourth-order valence-corrected chi connectivity index (χ4v) is 3.23. The molecule has 0 saturated heterocycles. The van der Waals surface area contributed by atoms with Crippen molar-refractivity contribution >= 4 is 29.3 Å². The molecule has 0 fully saturated rings. The largest absolute Gasteiger partial charge is 0.481 e. The highest BCUT2D eigenvalue weighted by Gasteiger charge is 2.42. The Kier molecular flexibility index (Phi) is 3.87. The third-order valence-electron chi connectivity index (χ3n) is 3.36. The Hall–Kier alpha value is -2.67. The summed E-state index contributed by atoms with van der Waals surface area (Å²) in [6.07, 6.45) is 4.53. The zero-order chi connectivity index (χ0) is 16.4. The van der Waals surface area contributed by atoms with Crippen LogP contribution in [0.15, 0.2) is 46.8 Å². The molecule has 1 unspecified atom stereocenters. The number of ketones is 1. The average Bonchev–Trinajstić information content (AvgIpc) is 3.16. The van der Waals surface area contributed by atoms with E-state index in [2.05, 4.69) is 9.98 Å². The molecule has 1 aliphatic rings. The van der Waals surface area contributed by atoms with Gasteiger partial charge in [0.25, 0.3) is 0 Å². The number of hydrogen-bond acceptors (Lipinski definition) is 5. The summed E-state index contributed by atoms with van der Waals surface area (Å²) in [6, 6.07) is 5.21. The maximum atomic E-state index is 13.0. The molecule has 0 amide bonds. The zero-order valence-corrected chi connectivity index (χ0v) is 12.6. The standard InChI is InChI=1S/C16H11FN2O3S/c17-11-4-2-10(3-5-11)14(22)16(6-1-7-18-16)15-19-12(9-23-15)8-13(20)21/h1-7,9H,8H2,(H,20,21). The number of carboxylic acid groups (broad SMARTS) is 1. The molecule has 1 atom stereocenters. The molecule has 1 aromatic carbocycles. The monoisotopic (exact) mass is 330 g/mol. The summed E-state index contributed by atoms with van der Waals surface area (Å²) in [7, 11) is 0. The van der Waals surface area contributed by atoms with E-state index in [1.807, 2.05) is 0 Å². The van der Waals surface area contributed by atoms with Gasteiger partial charge < -0.3 is 5.11 Å². The Morgan fingerprint density at radius 2 is 2.00 bits per heavy atom. The predicted octanol–water partition coefficient (Wildman–Crippen LogP) is 2.63. The lowest BCUT2D eigenvalue weighted by Crippen LogP contribution is -2.30. The van der Waals surface area contributed by atoms with Crippen molar-refractivity contribution in [1.29, 1.82) is 0 Å². The second-order valence-electron chi connectivity index (χ2n) is 4.95. The minimum atomic E-state index is -1.31. The molecule has 0 bridgehead atoms. The van der Waals surface area contributed by atoms with E-state index < -0.39 is 17.3 Å². The smallest absolute Gasteiger partial charge is 0.309 e. The van der Waals surface area contributed by atoms with Crippen molar-refractivity contribution in [2.45, 2.75) is 12.0 Å². The highest BCUT2D eigenvalue weighted by Crippen LogP contribution is 2.36. The highest BCUT2D eigenvalue weighted by atomic mass is 32.1. The molecule has 1 aliphatic heterocycles. The normalized spacial score (nSPS) is 19.2. The number of aliphatic imine (C=N–C) groups is 1. The van der Waals surface area contributed by atoms with Gasteiger partial charge in [-0.1, -0.05) is 0 Å². The first-order valence-corrected chi connectivity index (χ1v) is 7.59. The molecule has 2 aromatic rings. The molecule has 0 saturated carbocycles. The Morgan fingerprint density at radius 3 is 2.61 bits per heavy atom. The van der Waals surface area contributed by atoms with Crippen LogP contribution in [0.25, 0.3) is 0 Å². The van der Waals surface area contributed by atoms with Crippen LogP contribution in [0.5, 0.6) is 0 Å². The van der Waals surface area contributed by atoms with Crippen molar-refractivity contribution in [3.63, 3.8) is 0 Å². The Morgan fingerprint density at radius 1 is 1.26 bits per heavy atom. The molecule has 2 heterocycles. The van der Waals surface area contributed by atoms with Crippen molar-refractivity contribution in [3.05, 3.63) is 63.9 Å². The number of carbonyl (C=O) groups is 2. The third-order valence-corrected chi connectivity index (χ3v) is 4.38. The number of benzene rings is 1. The van der Waals surface area contributed by atoms with E-state index in [-0.39, 0.29) is 12.2 Å². The van der Waals surface area contributed by atoms with Gasteiger partial charge in [-0.2, -0.15) is 0 Å². The summed E-state index contributed by atoms with van der Waals surface area (Å²) in [5, 5.41) is 10.8. The summed E-state index contributed by atoms with van der Waals surface area (Å²) in [5.74, 6) is -1.76. The van der Waals surface area contributed by atoms with Crippen LogP contribution in [0.2, 0.25) is 0 Å². The number of Topliss-reactive ketones (excluding diaryl/α,β-unsaturated/α-hetero) is 1. The summed E-state index contributed by atoms with van der Waals surface area (Å²) < 4.78 is 13.0. The van der Waals surface area contributed by atoms with Crippen molar-refractivity contribution in [1.82, 2.24) is 4.98 Å².